The van der Waals surface area contributed by atoms with Gasteiger partial charge in [0.15, 0.2) is 0 Å². The van der Waals surface area contributed by atoms with Gasteiger partial charge < -0.3 is 20.9 Å². The van der Waals surface area contributed by atoms with Crippen molar-refractivity contribution < 1.29 is 9.47 Å². The number of aromatic nitrogens is 2. The van der Waals surface area contributed by atoms with Crippen molar-refractivity contribution in [2.45, 2.75) is 13.2 Å². The zero-order valence-corrected chi connectivity index (χ0v) is 19.7. The van der Waals surface area contributed by atoms with Crippen LogP contribution in [0.3, 0.4) is 0 Å². The van der Waals surface area contributed by atoms with Crippen molar-refractivity contribution in [1.82, 2.24) is 9.97 Å². The second kappa shape index (κ2) is 10.6. The normalized spacial score (nSPS) is 10.7. The molecule has 0 radical (unpaired) electrons. The SMILES string of the molecule is Nc1cc(-c2cc(-c3ccc(OCc4ccccc4)cc3)ccc2OCc2ccccc2)nc(N)n1. The van der Waals surface area contributed by atoms with Gasteiger partial charge in [-0.05, 0) is 46.5 Å². The Morgan fingerprint density at radius 3 is 1.83 bits per heavy atom. The van der Waals surface area contributed by atoms with Crippen LogP contribution in [-0.2, 0) is 13.2 Å². The van der Waals surface area contributed by atoms with Crippen LogP contribution in [0.15, 0.2) is 109 Å². The summed E-state index contributed by atoms with van der Waals surface area (Å²) in [5, 5.41) is 0. The van der Waals surface area contributed by atoms with Gasteiger partial charge in [0.25, 0.3) is 0 Å². The summed E-state index contributed by atoms with van der Waals surface area (Å²) in [6, 6.07) is 35.8. The van der Waals surface area contributed by atoms with E-state index in [1.165, 1.54) is 0 Å². The van der Waals surface area contributed by atoms with Crippen LogP contribution in [0.4, 0.5) is 11.8 Å². The van der Waals surface area contributed by atoms with Crippen LogP contribution in [0.2, 0.25) is 0 Å². The molecule has 0 aliphatic carbocycles. The molecule has 36 heavy (non-hydrogen) atoms. The number of nitrogens with zero attached hydrogens (tertiary/aromatic N) is 2. The second-order valence-electron chi connectivity index (χ2n) is 8.32. The van der Waals surface area contributed by atoms with Crippen LogP contribution in [0.25, 0.3) is 22.4 Å². The lowest BCUT2D eigenvalue weighted by molar-refractivity contribution is 0.306. The van der Waals surface area contributed by atoms with Gasteiger partial charge in [0.2, 0.25) is 5.95 Å². The first-order chi connectivity index (χ1) is 17.6. The van der Waals surface area contributed by atoms with E-state index in [0.29, 0.717) is 30.5 Å². The highest BCUT2D eigenvalue weighted by molar-refractivity contribution is 5.77. The lowest BCUT2D eigenvalue weighted by atomic mass is 10.0. The minimum atomic E-state index is 0.115. The quantitative estimate of drug-likeness (QED) is 0.281. The molecule has 0 fully saturated rings. The van der Waals surface area contributed by atoms with Crippen LogP contribution in [0.5, 0.6) is 11.5 Å². The van der Waals surface area contributed by atoms with Gasteiger partial charge in [-0.3, -0.25) is 0 Å². The molecular formula is C30H26N4O2. The molecule has 4 N–H and O–H groups in total. The Labute approximate surface area is 210 Å². The third-order valence-electron chi connectivity index (χ3n) is 5.69. The van der Waals surface area contributed by atoms with E-state index in [0.717, 1.165) is 33.6 Å². The number of nitrogen functional groups attached to an aromatic ring is 2. The Hall–Kier alpha value is -4.84. The van der Waals surface area contributed by atoms with Crippen LogP contribution >= 0.6 is 0 Å². The van der Waals surface area contributed by atoms with Crippen LogP contribution in [-0.4, -0.2) is 9.97 Å². The fourth-order valence-electron chi connectivity index (χ4n) is 3.88. The summed E-state index contributed by atoms with van der Waals surface area (Å²) in [6.07, 6.45) is 0. The number of benzene rings is 4. The highest BCUT2D eigenvalue weighted by Gasteiger charge is 2.13. The third-order valence-corrected chi connectivity index (χ3v) is 5.69. The van der Waals surface area contributed by atoms with Crippen LogP contribution < -0.4 is 20.9 Å². The molecule has 6 heteroatoms. The predicted molar refractivity (Wildman–Crippen MR) is 143 cm³/mol. The summed E-state index contributed by atoms with van der Waals surface area (Å²) in [5.41, 5.74) is 17.5. The van der Waals surface area contributed by atoms with E-state index in [1.54, 1.807) is 6.07 Å². The Balaban J connectivity index is 1.41. The fourth-order valence-corrected chi connectivity index (χ4v) is 3.88. The molecule has 178 valence electrons. The molecule has 4 aromatic carbocycles. The molecule has 0 amide bonds. The van der Waals surface area contributed by atoms with E-state index in [2.05, 4.69) is 9.97 Å². The second-order valence-corrected chi connectivity index (χ2v) is 8.32. The molecule has 0 saturated carbocycles. The molecule has 1 heterocycles. The van der Waals surface area contributed by atoms with E-state index >= 15 is 0 Å². The molecule has 5 rings (SSSR count). The Morgan fingerprint density at radius 2 is 1.19 bits per heavy atom. The molecule has 6 nitrogen and oxygen atoms in total. The van der Waals surface area contributed by atoms with Crippen molar-refractivity contribution in [2.24, 2.45) is 0 Å². The average molecular weight is 475 g/mol. The minimum Gasteiger partial charge on any atom is -0.489 e. The third kappa shape index (κ3) is 5.62. The topological polar surface area (TPSA) is 96.3 Å². The largest absolute Gasteiger partial charge is 0.489 e. The summed E-state index contributed by atoms with van der Waals surface area (Å²) in [5.74, 6) is 1.91. The monoisotopic (exact) mass is 474 g/mol. The Morgan fingerprint density at radius 1 is 0.583 bits per heavy atom. The molecule has 0 saturated heterocycles. The Bertz CT molecular complexity index is 1420. The summed E-state index contributed by atoms with van der Waals surface area (Å²) in [6.45, 7) is 0.949. The number of rotatable bonds is 8. The molecule has 0 atom stereocenters. The number of hydrogen-bond acceptors (Lipinski definition) is 6. The summed E-state index contributed by atoms with van der Waals surface area (Å²) < 4.78 is 12.1. The van der Waals surface area contributed by atoms with Crippen molar-refractivity contribution in [1.29, 1.82) is 0 Å². The van der Waals surface area contributed by atoms with Crippen LogP contribution in [0.1, 0.15) is 11.1 Å². The summed E-state index contributed by atoms with van der Waals surface area (Å²) in [4.78, 5) is 8.41. The zero-order valence-electron chi connectivity index (χ0n) is 19.7. The van der Waals surface area contributed by atoms with Gasteiger partial charge in [0.1, 0.15) is 30.5 Å². The van der Waals surface area contributed by atoms with Crippen molar-refractivity contribution in [3.05, 3.63) is 120 Å². The maximum atomic E-state index is 6.18. The first-order valence-electron chi connectivity index (χ1n) is 11.6. The molecule has 5 aromatic rings. The van der Waals surface area contributed by atoms with Crippen LogP contribution in [0, 0.1) is 0 Å². The fraction of sp³-hybridized carbons (Fsp3) is 0.0667. The smallest absolute Gasteiger partial charge is 0.222 e. The minimum absolute atomic E-state index is 0.115. The predicted octanol–water partition coefficient (Wildman–Crippen LogP) is 6.13. The average Bonchev–Trinajstić information content (AvgIpc) is 2.92. The van der Waals surface area contributed by atoms with E-state index in [4.69, 9.17) is 20.9 Å². The van der Waals surface area contributed by atoms with Crippen molar-refractivity contribution >= 4 is 11.8 Å². The number of ether oxygens (including phenoxy) is 2. The maximum absolute atomic E-state index is 6.18. The molecule has 0 aliphatic rings. The van der Waals surface area contributed by atoms with Gasteiger partial charge in [-0.2, -0.15) is 4.98 Å². The highest BCUT2D eigenvalue weighted by Crippen LogP contribution is 2.35. The standard InChI is InChI=1S/C30H26N4O2/c31-29-18-27(33-30(32)34-29)26-17-24(13-16-28(26)36-20-22-9-5-2-6-10-22)23-11-14-25(15-12-23)35-19-21-7-3-1-4-8-21/h1-18H,19-20H2,(H4,31,32,33,34). The van der Waals surface area contributed by atoms with Gasteiger partial charge in [0.05, 0.1) is 5.69 Å². The lowest BCUT2D eigenvalue weighted by Gasteiger charge is -2.14. The molecule has 0 aliphatic heterocycles. The first-order valence-corrected chi connectivity index (χ1v) is 11.6. The van der Waals surface area contributed by atoms with Gasteiger partial charge >= 0.3 is 0 Å². The molecule has 0 spiro atoms. The van der Waals surface area contributed by atoms with Gasteiger partial charge in [-0.1, -0.05) is 78.9 Å². The lowest BCUT2D eigenvalue weighted by Crippen LogP contribution is -2.02. The summed E-state index contributed by atoms with van der Waals surface area (Å²) in [7, 11) is 0. The van der Waals surface area contributed by atoms with E-state index in [-0.39, 0.29) is 5.95 Å². The molecule has 1 aromatic heterocycles. The van der Waals surface area contributed by atoms with E-state index in [1.807, 2.05) is 103 Å². The molecule has 0 bridgehead atoms. The van der Waals surface area contributed by atoms with Gasteiger partial charge in [0, 0.05) is 11.6 Å². The Kier molecular flexibility index (Phi) is 6.76. The maximum Gasteiger partial charge on any atom is 0.222 e. The highest BCUT2D eigenvalue weighted by atomic mass is 16.5. The summed E-state index contributed by atoms with van der Waals surface area (Å²) >= 11 is 0. The number of hydrogen-bond donors (Lipinski definition) is 2. The first kappa shape index (κ1) is 22.9. The molecular weight excluding hydrogens is 448 g/mol. The van der Waals surface area contributed by atoms with Crippen molar-refractivity contribution in [2.75, 3.05) is 11.5 Å². The van der Waals surface area contributed by atoms with E-state index in [9.17, 15) is 0 Å². The van der Waals surface area contributed by atoms with Gasteiger partial charge in [-0.25, -0.2) is 4.98 Å². The zero-order chi connectivity index (χ0) is 24.7. The van der Waals surface area contributed by atoms with E-state index < -0.39 is 0 Å². The number of anilines is 2. The van der Waals surface area contributed by atoms with Gasteiger partial charge in [-0.15, -0.1) is 0 Å². The van der Waals surface area contributed by atoms with Crippen molar-refractivity contribution in [3.8, 4) is 33.9 Å². The molecule has 0 unspecified atom stereocenters. The number of nitrogens with two attached hydrogens (primary N) is 2. The van der Waals surface area contributed by atoms with Crippen molar-refractivity contribution in [3.63, 3.8) is 0 Å².